The molecule has 0 amide bonds. The molecule has 1 aromatic heterocycles. The molecule has 2 aromatic carbocycles. The molecule has 0 aliphatic carbocycles. The molecule has 0 spiro atoms. The Morgan fingerprint density at radius 2 is 1.69 bits per heavy atom. The Kier molecular flexibility index (Phi) is 6.79. The van der Waals surface area contributed by atoms with Crippen molar-refractivity contribution in [2.24, 2.45) is 0 Å². The van der Waals surface area contributed by atoms with E-state index in [0.717, 1.165) is 55.4 Å². The number of likely N-dealkylation sites (N-methyl/N-ethyl adjacent to an activating group) is 1. The normalized spacial score (nSPS) is 16.4. The highest BCUT2D eigenvalue weighted by atomic mass is 32.2. The molecule has 32 heavy (non-hydrogen) atoms. The molecule has 1 N–H and O–H groups in total. The quantitative estimate of drug-likeness (QED) is 0.586. The van der Waals surface area contributed by atoms with Crippen molar-refractivity contribution in [1.29, 1.82) is 0 Å². The fraction of sp³-hybridized carbons (Fsp3) is 0.400. The molecule has 3 aromatic rings. The molecule has 170 valence electrons. The highest BCUT2D eigenvalue weighted by Gasteiger charge is 2.20. The van der Waals surface area contributed by atoms with Crippen LogP contribution in [0.4, 0.5) is 5.82 Å². The van der Waals surface area contributed by atoms with Crippen LogP contribution in [0.3, 0.4) is 0 Å². The maximum Gasteiger partial charge on any atom is 0.211 e. The van der Waals surface area contributed by atoms with Gasteiger partial charge in [-0.1, -0.05) is 55.5 Å². The Balaban J connectivity index is 1.65. The van der Waals surface area contributed by atoms with Gasteiger partial charge in [0.25, 0.3) is 0 Å². The fourth-order valence-electron chi connectivity index (χ4n) is 4.21. The Labute approximate surface area is 191 Å². The monoisotopic (exact) mass is 452 g/mol. The van der Waals surface area contributed by atoms with E-state index in [1.807, 2.05) is 31.2 Å². The molecular formula is C25H32N4O2S. The van der Waals surface area contributed by atoms with Crippen molar-refractivity contribution >= 4 is 26.6 Å². The molecule has 6 nitrogen and oxygen atoms in total. The zero-order chi connectivity index (χ0) is 22.7. The lowest BCUT2D eigenvalue weighted by molar-refractivity contribution is 0.271. The van der Waals surface area contributed by atoms with Crippen molar-refractivity contribution in [3.05, 3.63) is 60.2 Å². The minimum absolute atomic E-state index is 0.0751. The Bertz CT molecular complexity index is 1170. The van der Waals surface area contributed by atoms with E-state index in [1.165, 1.54) is 10.8 Å². The third kappa shape index (κ3) is 4.95. The van der Waals surface area contributed by atoms with E-state index in [2.05, 4.69) is 51.8 Å². The number of nitrogens with one attached hydrogen (secondary N) is 1. The largest absolute Gasteiger partial charge is 0.354 e. The van der Waals surface area contributed by atoms with Gasteiger partial charge in [0.15, 0.2) is 0 Å². The van der Waals surface area contributed by atoms with Crippen LogP contribution in [-0.2, 0) is 10.0 Å². The predicted octanol–water partition coefficient (Wildman–Crippen LogP) is 4.04. The summed E-state index contributed by atoms with van der Waals surface area (Å²) in [6, 6.07) is 18.3. The third-order valence-electron chi connectivity index (χ3n) is 6.28. The van der Waals surface area contributed by atoms with Crippen LogP contribution >= 0.6 is 0 Å². The Morgan fingerprint density at radius 1 is 1.00 bits per heavy atom. The first kappa shape index (κ1) is 22.7. The Hall–Kier alpha value is -2.48. The summed E-state index contributed by atoms with van der Waals surface area (Å²) in [5.74, 6) is 1.12. The SMILES string of the molecule is CCN1CCN(c2nc(-c3ccc(C(C)NS(=O)(=O)CC)cc3)cc3ccccc23)CC1. The van der Waals surface area contributed by atoms with Crippen LogP contribution in [0.1, 0.15) is 32.4 Å². The van der Waals surface area contributed by atoms with Gasteiger partial charge in [-0.2, -0.15) is 0 Å². The summed E-state index contributed by atoms with van der Waals surface area (Å²) < 4.78 is 26.5. The molecule has 0 saturated carbocycles. The summed E-state index contributed by atoms with van der Waals surface area (Å²) in [6.07, 6.45) is 0. The number of sulfonamides is 1. The minimum atomic E-state index is -3.25. The third-order valence-corrected chi connectivity index (χ3v) is 7.75. The summed E-state index contributed by atoms with van der Waals surface area (Å²) in [6.45, 7) is 10.9. The molecular weight excluding hydrogens is 420 g/mol. The zero-order valence-corrected chi connectivity index (χ0v) is 19.9. The Morgan fingerprint density at radius 3 is 2.34 bits per heavy atom. The topological polar surface area (TPSA) is 65.5 Å². The molecule has 1 atom stereocenters. The van der Waals surface area contributed by atoms with Crippen LogP contribution in [-0.4, -0.2) is 56.8 Å². The van der Waals surface area contributed by atoms with Gasteiger partial charge in [0.2, 0.25) is 10.0 Å². The van der Waals surface area contributed by atoms with Gasteiger partial charge in [0.1, 0.15) is 5.82 Å². The second-order valence-electron chi connectivity index (χ2n) is 8.34. The van der Waals surface area contributed by atoms with Crippen LogP contribution in [0.5, 0.6) is 0 Å². The second-order valence-corrected chi connectivity index (χ2v) is 10.4. The maximum atomic E-state index is 11.9. The van der Waals surface area contributed by atoms with E-state index in [1.54, 1.807) is 6.92 Å². The standard InChI is InChI=1S/C25H32N4O2S/c1-4-28-14-16-29(17-15-28)25-23-9-7-6-8-22(23)18-24(26-25)21-12-10-20(11-13-21)19(3)27-32(30,31)5-2/h6-13,18-19,27H,4-5,14-17H2,1-3H3. The summed E-state index contributed by atoms with van der Waals surface area (Å²) in [7, 11) is -3.25. The van der Waals surface area contributed by atoms with Crippen LogP contribution < -0.4 is 9.62 Å². The zero-order valence-electron chi connectivity index (χ0n) is 19.1. The molecule has 1 aliphatic rings. The smallest absolute Gasteiger partial charge is 0.211 e. The van der Waals surface area contributed by atoms with Gasteiger partial charge < -0.3 is 9.80 Å². The van der Waals surface area contributed by atoms with Crippen molar-refractivity contribution in [3.63, 3.8) is 0 Å². The van der Waals surface area contributed by atoms with Crippen molar-refractivity contribution in [3.8, 4) is 11.3 Å². The number of hydrogen-bond acceptors (Lipinski definition) is 5. The van der Waals surface area contributed by atoms with E-state index in [9.17, 15) is 8.42 Å². The average Bonchev–Trinajstić information content (AvgIpc) is 2.83. The molecule has 0 radical (unpaired) electrons. The van der Waals surface area contributed by atoms with E-state index in [4.69, 9.17) is 4.98 Å². The van der Waals surface area contributed by atoms with Crippen molar-refractivity contribution in [2.75, 3.05) is 43.4 Å². The lowest BCUT2D eigenvalue weighted by Gasteiger charge is -2.35. The molecule has 1 unspecified atom stereocenters. The molecule has 0 bridgehead atoms. The molecule has 2 heterocycles. The second kappa shape index (κ2) is 9.57. The van der Waals surface area contributed by atoms with Crippen molar-refractivity contribution < 1.29 is 8.42 Å². The first-order valence-electron chi connectivity index (χ1n) is 11.4. The van der Waals surface area contributed by atoms with Crippen molar-refractivity contribution in [2.45, 2.75) is 26.8 Å². The van der Waals surface area contributed by atoms with Gasteiger partial charge >= 0.3 is 0 Å². The highest BCUT2D eigenvalue weighted by Crippen LogP contribution is 2.31. The predicted molar refractivity (Wildman–Crippen MR) is 133 cm³/mol. The van der Waals surface area contributed by atoms with Gasteiger partial charge in [0, 0.05) is 43.2 Å². The number of piperazine rings is 1. The van der Waals surface area contributed by atoms with E-state index < -0.39 is 10.0 Å². The highest BCUT2D eigenvalue weighted by molar-refractivity contribution is 7.89. The lowest BCUT2D eigenvalue weighted by Crippen LogP contribution is -2.46. The molecule has 1 saturated heterocycles. The number of pyridine rings is 1. The summed E-state index contributed by atoms with van der Waals surface area (Å²) >= 11 is 0. The number of aromatic nitrogens is 1. The summed E-state index contributed by atoms with van der Waals surface area (Å²) in [5, 5.41) is 2.36. The number of anilines is 1. The number of nitrogens with zero attached hydrogens (tertiary/aromatic N) is 3. The first-order chi connectivity index (χ1) is 15.4. The number of benzene rings is 2. The van der Waals surface area contributed by atoms with E-state index >= 15 is 0 Å². The molecule has 1 aliphatic heterocycles. The summed E-state index contributed by atoms with van der Waals surface area (Å²) in [5.41, 5.74) is 2.89. The minimum Gasteiger partial charge on any atom is -0.354 e. The average molecular weight is 453 g/mol. The lowest BCUT2D eigenvalue weighted by atomic mass is 10.0. The molecule has 4 rings (SSSR count). The summed E-state index contributed by atoms with van der Waals surface area (Å²) in [4.78, 5) is 9.95. The number of hydrogen-bond donors (Lipinski definition) is 1. The van der Waals surface area contributed by atoms with Gasteiger partial charge in [-0.25, -0.2) is 18.1 Å². The van der Waals surface area contributed by atoms with Crippen LogP contribution in [0.15, 0.2) is 54.6 Å². The van der Waals surface area contributed by atoms with E-state index in [0.29, 0.717) is 0 Å². The van der Waals surface area contributed by atoms with Gasteiger partial charge in [-0.05, 0) is 37.4 Å². The number of fused-ring (bicyclic) bond motifs is 1. The van der Waals surface area contributed by atoms with Crippen LogP contribution in [0.2, 0.25) is 0 Å². The fourth-order valence-corrected chi connectivity index (χ4v) is 5.05. The maximum absolute atomic E-state index is 11.9. The van der Waals surface area contributed by atoms with Gasteiger partial charge in [0.05, 0.1) is 11.4 Å². The first-order valence-corrected chi connectivity index (χ1v) is 13.0. The number of rotatable bonds is 7. The van der Waals surface area contributed by atoms with Gasteiger partial charge in [-0.3, -0.25) is 0 Å². The van der Waals surface area contributed by atoms with Crippen LogP contribution in [0.25, 0.3) is 22.0 Å². The van der Waals surface area contributed by atoms with E-state index in [-0.39, 0.29) is 11.8 Å². The molecule has 1 fully saturated rings. The van der Waals surface area contributed by atoms with Gasteiger partial charge in [-0.15, -0.1) is 0 Å². The van der Waals surface area contributed by atoms with Crippen LogP contribution in [0, 0.1) is 0 Å². The van der Waals surface area contributed by atoms with Crippen molar-refractivity contribution in [1.82, 2.24) is 14.6 Å². The molecule has 7 heteroatoms.